The predicted molar refractivity (Wildman–Crippen MR) is 130 cm³/mol. The number of carbonyl (C=O) groups is 2. The van der Waals surface area contributed by atoms with E-state index in [4.69, 9.17) is 14.5 Å². The van der Waals surface area contributed by atoms with Gasteiger partial charge in [0.05, 0.1) is 25.1 Å². The summed E-state index contributed by atoms with van der Waals surface area (Å²) in [5.74, 6) is 0.635. The number of likely N-dealkylation sites (tertiary alicyclic amines) is 1. The van der Waals surface area contributed by atoms with Crippen molar-refractivity contribution in [2.45, 2.75) is 78.4 Å². The van der Waals surface area contributed by atoms with Crippen LogP contribution in [0, 0.1) is 5.92 Å². The third kappa shape index (κ3) is 9.26. The first kappa shape index (κ1) is 28.7. The lowest BCUT2D eigenvalue weighted by molar-refractivity contribution is -0.146. The molecule has 8 nitrogen and oxygen atoms in total. The number of hydrogen-bond donors (Lipinski definition) is 2. The molecule has 1 rings (SSSR count). The van der Waals surface area contributed by atoms with Crippen molar-refractivity contribution in [3.63, 3.8) is 0 Å². The van der Waals surface area contributed by atoms with Crippen molar-refractivity contribution >= 4 is 42.0 Å². The second kappa shape index (κ2) is 13.2. The van der Waals surface area contributed by atoms with Crippen LogP contribution in [0.3, 0.4) is 0 Å². The maximum absolute atomic E-state index is 12.3. The van der Waals surface area contributed by atoms with E-state index in [1.165, 1.54) is 7.11 Å². The van der Waals surface area contributed by atoms with E-state index >= 15 is 0 Å². The Kier molecular flexibility index (Phi) is 12.7. The summed E-state index contributed by atoms with van der Waals surface area (Å²) in [4.78, 5) is 31.1. The quantitative estimate of drug-likeness (QED) is 0.222. The van der Waals surface area contributed by atoms with Crippen LogP contribution in [0.2, 0.25) is 0 Å². The number of esters is 1. The van der Waals surface area contributed by atoms with Gasteiger partial charge in [0.2, 0.25) is 0 Å². The molecule has 1 aliphatic rings. The number of nitrogens with one attached hydrogen (secondary N) is 2. The summed E-state index contributed by atoms with van der Waals surface area (Å²) in [6.45, 7) is 14.4. The fourth-order valence-electron chi connectivity index (χ4n) is 3.36. The summed E-state index contributed by atoms with van der Waals surface area (Å²) in [6.07, 6.45) is 2.58. The topological polar surface area (TPSA) is 92.3 Å². The van der Waals surface area contributed by atoms with Crippen molar-refractivity contribution in [3.05, 3.63) is 0 Å². The van der Waals surface area contributed by atoms with Crippen molar-refractivity contribution in [1.29, 1.82) is 0 Å². The molecular formula is C21H41IN4O4. The highest BCUT2D eigenvalue weighted by Crippen LogP contribution is 2.20. The first-order chi connectivity index (χ1) is 13.6. The zero-order valence-corrected chi connectivity index (χ0v) is 22.0. The van der Waals surface area contributed by atoms with Crippen molar-refractivity contribution in [1.82, 2.24) is 15.5 Å². The molecule has 0 spiro atoms. The zero-order valence-electron chi connectivity index (χ0n) is 19.7. The van der Waals surface area contributed by atoms with E-state index in [2.05, 4.69) is 15.5 Å². The van der Waals surface area contributed by atoms with Crippen LogP contribution in [-0.4, -0.2) is 67.4 Å². The number of aliphatic imine (C=N–C) groups is 1. The summed E-state index contributed by atoms with van der Waals surface area (Å²) >= 11 is 0. The highest BCUT2D eigenvalue weighted by molar-refractivity contribution is 14.0. The molecule has 1 fully saturated rings. The average molecular weight is 540 g/mol. The minimum atomic E-state index is -0.542. The molecule has 1 aliphatic heterocycles. The van der Waals surface area contributed by atoms with Gasteiger partial charge in [0.1, 0.15) is 5.60 Å². The average Bonchev–Trinajstić information content (AvgIpc) is 2.68. The van der Waals surface area contributed by atoms with E-state index in [9.17, 15) is 9.59 Å². The van der Waals surface area contributed by atoms with Gasteiger partial charge in [0, 0.05) is 19.6 Å². The van der Waals surface area contributed by atoms with Gasteiger partial charge in [0.15, 0.2) is 5.96 Å². The molecule has 0 radical (unpaired) electrons. The number of methoxy groups -OCH3 is 1. The summed E-state index contributed by atoms with van der Waals surface area (Å²) < 4.78 is 10.3. The maximum atomic E-state index is 12.3. The molecule has 176 valence electrons. The number of guanidine groups is 1. The van der Waals surface area contributed by atoms with Gasteiger partial charge in [-0.2, -0.15) is 0 Å². The Morgan fingerprint density at radius 2 is 1.67 bits per heavy atom. The van der Waals surface area contributed by atoms with Gasteiger partial charge in [-0.1, -0.05) is 13.8 Å². The van der Waals surface area contributed by atoms with Crippen LogP contribution in [0.1, 0.15) is 67.2 Å². The van der Waals surface area contributed by atoms with E-state index in [1.807, 2.05) is 41.5 Å². The normalized spacial score (nSPS) is 15.8. The van der Waals surface area contributed by atoms with Gasteiger partial charge in [0.25, 0.3) is 0 Å². The molecular weight excluding hydrogens is 499 g/mol. The van der Waals surface area contributed by atoms with Gasteiger partial charge in [-0.3, -0.25) is 9.79 Å². The fourth-order valence-corrected chi connectivity index (χ4v) is 3.36. The number of hydrogen-bond acceptors (Lipinski definition) is 5. The minimum Gasteiger partial charge on any atom is -0.469 e. The number of halogens is 1. The van der Waals surface area contributed by atoms with Gasteiger partial charge < -0.3 is 25.0 Å². The van der Waals surface area contributed by atoms with Crippen LogP contribution in [0.25, 0.3) is 0 Å². The summed E-state index contributed by atoms with van der Waals surface area (Å²) in [6, 6.07) is 0. The lowest BCUT2D eigenvalue weighted by atomic mass is 9.93. The Balaban J connectivity index is 0.00000841. The van der Waals surface area contributed by atoms with Crippen molar-refractivity contribution in [3.8, 4) is 0 Å². The molecule has 2 N–H and O–H groups in total. The molecule has 0 bridgehead atoms. The fraction of sp³-hybridized carbons (Fsp3) is 0.857. The van der Waals surface area contributed by atoms with Crippen molar-refractivity contribution < 1.29 is 19.1 Å². The highest BCUT2D eigenvalue weighted by Gasteiger charge is 2.32. The smallest absolute Gasteiger partial charge is 0.408 e. The Labute approximate surface area is 198 Å². The molecule has 0 saturated carbocycles. The van der Waals surface area contributed by atoms with Crippen molar-refractivity contribution in [2.24, 2.45) is 10.9 Å². The number of alkyl carbamates (subject to hydrolysis) is 1. The van der Waals surface area contributed by atoms with Gasteiger partial charge in [-0.25, -0.2) is 4.79 Å². The molecule has 0 unspecified atom stereocenters. The molecule has 0 atom stereocenters. The third-order valence-electron chi connectivity index (χ3n) is 5.32. The van der Waals surface area contributed by atoms with Crippen LogP contribution in [-0.2, 0) is 14.3 Å². The molecule has 0 aromatic heterocycles. The Morgan fingerprint density at radius 3 is 2.10 bits per heavy atom. The Hall–Kier alpha value is -1.26. The number of piperidine rings is 1. The summed E-state index contributed by atoms with van der Waals surface area (Å²) in [7, 11) is 1.44. The van der Waals surface area contributed by atoms with Crippen LogP contribution < -0.4 is 10.6 Å². The molecule has 1 heterocycles. The third-order valence-corrected chi connectivity index (χ3v) is 5.32. The number of rotatable bonds is 7. The first-order valence-corrected chi connectivity index (χ1v) is 10.7. The lowest BCUT2D eigenvalue weighted by Crippen LogP contribution is -2.53. The predicted octanol–water partition coefficient (Wildman–Crippen LogP) is 3.54. The van der Waals surface area contributed by atoms with Gasteiger partial charge >= 0.3 is 12.1 Å². The lowest BCUT2D eigenvalue weighted by Gasteiger charge is -2.35. The summed E-state index contributed by atoms with van der Waals surface area (Å²) in [5.41, 5.74) is -1.01. The molecule has 1 saturated heterocycles. The van der Waals surface area contributed by atoms with Crippen LogP contribution in [0.5, 0.6) is 0 Å². The standard InChI is InChI=1S/C21H40N4O4.HI/c1-8-21(9-2,24-19(27)29-20(4,5)6)15-23-18(22-10-3)25-13-11-16(12-14-25)17(26)28-7;/h16H,8-15H2,1-7H3,(H,22,23)(H,24,27);1H. The van der Waals surface area contributed by atoms with E-state index < -0.39 is 17.2 Å². The van der Waals surface area contributed by atoms with E-state index in [-0.39, 0.29) is 35.9 Å². The first-order valence-electron chi connectivity index (χ1n) is 10.7. The number of ether oxygens (including phenoxy) is 2. The van der Waals surface area contributed by atoms with E-state index in [1.54, 1.807) is 0 Å². The highest BCUT2D eigenvalue weighted by atomic mass is 127. The van der Waals surface area contributed by atoms with E-state index in [0.717, 1.165) is 51.3 Å². The van der Waals surface area contributed by atoms with E-state index in [0.29, 0.717) is 6.54 Å². The molecule has 0 aromatic rings. The number of nitrogens with zero attached hydrogens (tertiary/aromatic N) is 2. The van der Waals surface area contributed by atoms with Gasteiger partial charge in [-0.15, -0.1) is 24.0 Å². The van der Waals surface area contributed by atoms with Gasteiger partial charge in [-0.05, 0) is 53.4 Å². The zero-order chi connectivity index (χ0) is 22.1. The largest absolute Gasteiger partial charge is 0.469 e. The maximum Gasteiger partial charge on any atom is 0.408 e. The second-order valence-electron chi connectivity index (χ2n) is 8.57. The van der Waals surface area contributed by atoms with Crippen LogP contribution in [0.15, 0.2) is 4.99 Å². The molecule has 1 amide bonds. The molecule has 9 heteroatoms. The number of carbonyl (C=O) groups excluding carboxylic acids is 2. The van der Waals surface area contributed by atoms with Crippen LogP contribution in [0.4, 0.5) is 4.79 Å². The molecule has 0 aliphatic carbocycles. The molecule has 0 aromatic carbocycles. The Morgan fingerprint density at radius 1 is 1.10 bits per heavy atom. The Bertz CT molecular complexity index is 566. The monoisotopic (exact) mass is 540 g/mol. The minimum absolute atomic E-state index is 0. The summed E-state index contributed by atoms with van der Waals surface area (Å²) in [5, 5.41) is 6.38. The second-order valence-corrected chi connectivity index (χ2v) is 8.57. The van der Waals surface area contributed by atoms with Crippen molar-refractivity contribution in [2.75, 3.05) is 33.3 Å². The molecule has 30 heavy (non-hydrogen) atoms. The SMILES string of the molecule is CCNC(=NCC(CC)(CC)NC(=O)OC(C)(C)C)N1CCC(C(=O)OC)CC1.I. The number of amides is 1. The van der Waals surface area contributed by atoms with Crippen LogP contribution >= 0.6 is 24.0 Å².